The molecule has 2 N–H and O–H groups in total. The second kappa shape index (κ2) is 6.19. The Kier molecular flexibility index (Phi) is 4.59. The number of ether oxygens (including phenoxy) is 1. The standard InChI is InChI=1S/C15H22FNO/c1-11-4-2-5-12(8-11)9-18-10-13-14(16)6-3-7-15(13)17/h3,6-7,11-12H,2,4-5,8-10,17H2,1H3. The van der Waals surface area contributed by atoms with Crippen LogP contribution >= 0.6 is 0 Å². The molecule has 2 atom stereocenters. The van der Waals surface area contributed by atoms with E-state index in [1.807, 2.05) is 0 Å². The Morgan fingerprint density at radius 2 is 2.22 bits per heavy atom. The van der Waals surface area contributed by atoms with Crippen LogP contribution in [0.3, 0.4) is 0 Å². The van der Waals surface area contributed by atoms with E-state index in [9.17, 15) is 4.39 Å². The fourth-order valence-corrected chi connectivity index (χ4v) is 2.77. The summed E-state index contributed by atoms with van der Waals surface area (Å²) in [5.74, 6) is 1.15. The lowest BCUT2D eigenvalue weighted by atomic mass is 9.83. The highest BCUT2D eigenvalue weighted by Crippen LogP contribution is 2.29. The predicted molar refractivity (Wildman–Crippen MR) is 71.6 cm³/mol. The molecule has 18 heavy (non-hydrogen) atoms. The molecule has 1 aliphatic rings. The van der Waals surface area contributed by atoms with E-state index in [4.69, 9.17) is 10.5 Å². The van der Waals surface area contributed by atoms with Gasteiger partial charge in [0.1, 0.15) is 5.82 Å². The van der Waals surface area contributed by atoms with Crippen molar-refractivity contribution in [3.8, 4) is 0 Å². The summed E-state index contributed by atoms with van der Waals surface area (Å²) in [7, 11) is 0. The molecule has 100 valence electrons. The highest BCUT2D eigenvalue weighted by Gasteiger charge is 2.19. The van der Waals surface area contributed by atoms with Crippen LogP contribution in [-0.4, -0.2) is 6.61 Å². The molecule has 0 aromatic heterocycles. The summed E-state index contributed by atoms with van der Waals surface area (Å²) in [5.41, 5.74) is 6.71. The summed E-state index contributed by atoms with van der Waals surface area (Å²) in [5, 5.41) is 0. The van der Waals surface area contributed by atoms with E-state index in [-0.39, 0.29) is 12.4 Å². The molecule has 2 nitrogen and oxygen atoms in total. The summed E-state index contributed by atoms with van der Waals surface area (Å²) < 4.78 is 19.2. The van der Waals surface area contributed by atoms with Crippen LogP contribution in [0.1, 0.15) is 38.2 Å². The van der Waals surface area contributed by atoms with E-state index in [0.717, 1.165) is 12.5 Å². The van der Waals surface area contributed by atoms with E-state index >= 15 is 0 Å². The van der Waals surface area contributed by atoms with E-state index in [1.165, 1.54) is 31.7 Å². The van der Waals surface area contributed by atoms with Crippen molar-refractivity contribution in [2.24, 2.45) is 11.8 Å². The van der Waals surface area contributed by atoms with Crippen molar-refractivity contribution < 1.29 is 9.13 Å². The molecule has 1 aliphatic carbocycles. The molecule has 0 amide bonds. The Bertz CT molecular complexity index is 374. The van der Waals surface area contributed by atoms with Crippen LogP contribution in [0.25, 0.3) is 0 Å². The topological polar surface area (TPSA) is 35.2 Å². The smallest absolute Gasteiger partial charge is 0.130 e. The van der Waals surface area contributed by atoms with Crippen molar-refractivity contribution in [3.05, 3.63) is 29.6 Å². The number of nitrogen functional groups attached to an aromatic ring is 1. The lowest BCUT2D eigenvalue weighted by Crippen LogP contribution is -2.18. The minimum atomic E-state index is -0.271. The van der Waals surface area contributed by atoms with E-state index in [0.29, 0.717) is 17.2 Å². The first-order valence-corrected chi connectivity index (χ1v) is 6.77. The van der Waals surface area contributed by atoms with E-state index in [1.54, 1.807) is 12.1 Å². The number of nitrogens with two attached hydrogens (primary N) is 1. The Labute approximate surface area is 108 Å². The van der Waals surface area contributed by atoms with Crippen LogP contribution in [0, 0.1) is 17.7 Å². The van der Waals surface area contributed by atoms with Crippen LogP contribution in [0.4, 0.5) is 10.1 Å². The van der Waals surface area contributed by atoms with Gasteiger partial charge >= 0.3 is 0 Å². The van der Waals surface area contributed by atoms with Gasteiger partial charge in [0, 0.05) is 17.9 Å². The van der Waals surface area contributed by atoms with Gasteiger partial charge < -0.3 is 10.5 Å². The second-order valence-corrected chi connectivity index (χ2v) is 5.46. The summed E-state index contributed by atoms with van der Waals surface area (Å²) in [4.78, 5) is 0. The zero-order valence-corrected chi connectivity index (χ0v) is 11.0. The van der Waals surface area contributed by atoms with Crippen LogP contribution in [0.15, 0.2) is 18.2 Å². The Hall–Kier alpha value is -1.09. The van der Waals surface area contributed by atoms with Gasteiger partial charge in [-0.25, -0.2) is 4.39 Å². The highest BCUT2D eigenvalue weighted by atomic mass is 19.1. The fraction of sp³-hybridized carbons (Fsp3) is 0.600. The number of hydrogen-bond acceptors (Lipinski definition) is 2. The number of hydrogen-bond donors (Lipinski definition) is 1. The maximum absolute atomic E-state index is 13.5. The molecule has 2 unspecified atom stereocenters. The third-order valence-electron chi connectivity index (χ3n) is 3.80. The lowest BCUT2D eigenvalue weighted by Gasteiger charge is -2.26. The monoisotopic (exact) mass is 251 g/mol. The maximum atomic E-state index is 13.5. The third-order valence-corrected chi connectivity index (χ3v) is 3.80. The SMILES string of the molecule is CC1CCCC(COCc2c(N)cccc2F)C1. The summed E-state index contributed by atoms with van der Waals surface area (Å²) in [6.07, 6.45) is 5.08. The number of halogens is 1. The molecular formula is C15H22FNO. The van der Waals surface area contributed by atoms with Gasteiger partial charge in [0.25, 0.3) is 0 Å². The zero-order valence-electron chi connectivity index (χ0n) is 11.0. The van der Waals surface area contributed by atoms with E-state index in [2.05, 4.69) is 6.92 Å². The van der Waals surface area contributed by atoms with Gasteiger partial charge in [-0.1, -0.05) is 25.8 Å². The molecule has 1 saturated carbocycles. The molecule has 0 aliphatic heterocycles. The molecular weight excluding hydrogens is 229 g/mol. The first-order valence-electron chi connectivity index (χ1n) is 6.77. The van der Waals surface area contributed by atoms with Gasteiger partial charge in [-0.3, -0.25) is 0 Å². The summed E-state index contributed by atoms with van der Waals surface area (Å²) in [6.45, 7) is 3.29. The molecule has 0 heterocycles. The van der Waals surface area contributed by atoms with Crippen LogP contribution in [0.5, 0.6) is 0 Å². The normalized spacial score (nSPS) is 24.1. The van der Waals surface area contributed by atoms with Crippen LogP contribution in [0.2, 0.25) is 0 Å². The van der Waals surface area contributed by atoms with Crippen molar-refractivity contribution in [2.45, 2.75) is 39.2 Å². The van der Waals surface area contributed by atoms with Gasteiger partial charge in [0.2, 0.25) is 0 Å². The Balaban J connectivity index is 1.81. The number of rotatable bonds is 4. The molecule has 3 heteroatoms. The van der Waals surface area contributed by atoms with Crippen molar-refractivity contribution >= 4 is 5.69 Å². The third kappa shape index (κ3) is 3.45. The second-order valence-electron chi connectivity index (χ2n) is 5.46. The molecule has 0 spiro atoms. The Morgan fingerprint density at radius 3 is 2.94 bits per heavy atom. The maximum Gasteiger partial charge on any atom is 0.130 e. The zero-order chi connectivity index (χ0) is 13.0. The van der Waals surface area contributed by atoms with Crippen molar-refractivity contribution in [1.29, 1.82) is 0 Å². The van der Waals surface area contributed by atoms with Gasteiger partial charge in [-0.15, -0.1) is 0 Å². The van der Waals surface area contributed by atoms with Crippen LogP contribution in [-0.2, 0) is 11.3 Å². The molecule has 1 aromatic carbocycles. The van der Waals surface area contributed by atoms with Crippen molar-refractivity contribution in [2.75, 3.05) is 12.3 Å². The van der Waals surface area contributed by atoms with E-state index < -0.39 is 0 Å². The average molecular weight is 251 g/mol. The summed E-state index contributed by atoms with van der Waals surface area (Å²) >= 11 is 0. The minimum absolute atomic E-state index is 0.271. The quantitative estimate of drug-likeness (QED) is 0.827. The van der Waals surface area contributed by atoms with Gasteiger partial charge in [0.05, 0.1) is 6.61 Å². The number of benzene rings is 1. The number of anilines is 1. The van der Waals surface area contributed by atoms with Crippen molar-refractivity contribution in [1.82, 2.24) is 0 Å². The first-order chi connectivity index (χ1) is 8.66. The first kappa shape index (κ1) is 13.3. The highest BCUT2D eigenvalue weighted by molar-refractivity contribution is 5.46. The molecule has 1 fully saturated rings. The molecule has 0 saturated heterocycles. The summed E-state index contributed by atoms with van der Waals surface area (Å²) in [6, 6.07) is 4.76. The average Bonchev–Trinajstić information content (AvgIpc) is 2.33. The van der Waals surface area contributed by atoms with Gasteiger partial charge in [-0.2, -0.15) is 0 Å². The largest absolute Gasteiger partial charge is 0.398 e. The molecule has 0 radical (unpaired) electrons. The fourth-order valence-electron chi connectivity index (χ4n) is 2.77. The lowest BCUT2D eigenvalue weighted by molar-refractivity contribution is 0.0646. The minimum Gasteiger partial charge on any atom is -0.398 e. The molecule has 2 rings (SSSR count). The van der Waals surface area contributed by atoms with Gasteiger partial charge in [-0.05, 0) is 36.8 Å². The molecule has 1 aromatic rings. The van der Waals surface area contributed by atoms with Crippen molar-refractivity contribution in [3.63, 3.8) is 0 Å². The molecule has 0 bridgehead atoms. The van der Waals surface area contributed by atoms with Crippen LogP contribution < -0.4 is 5.73 Å². The Morgan fingerprint density at radius 1 is 1.39 bits per heavy atom. The predicted octanol–water partition coefficient (Wildman–Crippen LogP) is 3.75. The van der Waals surface area contributed by atoms with Gasteiger partial charge in [0.15, 0.2) is 0 Å².